The average Bonchev–Trinajstić information content (AvgIpc) is 2.96. The molecular formula is C39H48ClNO5. The maximum absolute atomic E-state index is 14.3. The van der Waals surface area contributed by atoms with E-state index < -0.39 is 5.92 Å². The highest BCUT2D eigenvalue weighted by molar-refractivity contribution is 6.30. The van der Waals surface area contributed by atoms with Crippen LogP contribution in [0.2, 0.25) is 5.02 Å². The molecule has 1 aliphatic heterocycles. The molecule has 2 aliphatic carbocycles. The Hall–Kier alpha value is -3.35. The lowest BCUT2D eigenvalue weighted by atomic mass is 9.63. The highest BCUT2D eigenvalue weighted by Gasteiger charge is 2.49. The van der Waals surface area contributed by atoms with Crippen molar-refractivity contribution in [3.05, 3.63) is 93.3 Å². The summed E-state index contributed by atoms with van der Waals surface area (Å²) in [5, 5.41) is 0.648. The summed E-state index contributed by atoms with van der Waals surface area (Å²) >= 11 is 6.24. The molecule has 246 valence electrons. The number of allylic oxidation sites excluding steroid dienone is 5. The topological polar surface area (TPSA) is 65.1 Å². The quantitative estimate of drug-likeness (QED) is 0.170. The molecule has 3 aliphatic rings. The second-order valence-corrected chi connectivity index (χ2v) is 14.8. The van der Waals surface area contributed by atoms with Crippen molar-refractivity contribution in [2.75, 3.05) is 26.9 Å². The van der Waals surface area contributed by atoms with Gasteiger partial charge in [0.15, 0.2) is 23.1 Å². The average molecular weight is 646 g/mol. The Labute approximate surface area is 279 Å². The second-order valence-electron chi connectivity index (χ2n) is 14.4. The Morgan fingerprint density at radius 1 is 0.957 bits per heavy atom. The Kier molecular flexibility index (Phi) is 10.2. The van der Waals surface area contributed by atoms with E-state index in [0.29, 0.717) is 62.1 Å². The Morgan fingerprint density at radius 2 is 1.61 bits per heavy atom. The molecule has 0 atom stereocenters. The molecule has 1 heterocycles. The van der Waals surface area contributed by atoms with E-state index >= 15 is 0 Å². The number of nitrogens with zero attached hydrogens (tertiary/aromatic N) is 1. The number of Topliss-reactive ketones (excluding diaryl/α,β-unsaturated/α-hetero) is 2. The van der Waals surface area contributed by atoms with Gasteiger partial charge in [0.1, 0.15) is 6.61 Å². The number of hydrogen-bond donors (Lipinski definition) is 0. The van der Waals surface area contributed by atoms with Crippen molar-refractivity contribution in [1.29, 1.82) is 0 Å². The number of halogens is 1. The minimum absolute atomic E-state index is 0.113. The third kappa shape index (κ3) is 7.13. The van der Waals surface area contributed by atoms with Crippen LogP contribution in [0.4, 0.5) is 0 Å². The first-order valence-electron chi connectivity index (χ1n) is 16.4. The zero-order valence-corrected chi connectivity index (χ0v) is 29.0. The first kappa shape index (κ1) is 34.0. The van der Waals surface area contributed by atoms with Gasteiger partial charge in [-0.25, -0.2) is 0 Å². The van der Waals surface area contributed by atoms with Crippen LogP contribution < -0.4 is 9.47 Å². The first-order valence-corrected chi connectivity index (χ1v) is 16.8. The molecule has 0 amide bonds. The second kappa shape index (κ2) is 13.8. The third-order valence-corrected chi connectivity index (χ3v) is 9.41. The van der Waals surface area contributed by atoms with Gasteiger partial charge in [0.25, 0.3) is 0 Å². The molecule has 0 spiro atoms. The number of carbonyl (C=O) groups is 2. The van der Waals surface area contributed by atoms with E-state index in [-0.39, 0.29) is 22.4 Å². The predicted molar refractivity (Wildman–Crippen MR) is 183 cm³/mol. The minimum Gasteiger partial charge on any atom is -0.490 e. The van der Waals surface area contributed by atoms with Gasteiger partial charge in [0, 0.05) is 72.1 Å². The lowest BCUT2D eigenvalue weighted by Gasteiger charge is -2.49. The van der Waals surface area contributed by atoms with E-state index in [4.69, 9.17) is 25.8 Å². The molecule has 2 aromatic rings. The normalized spacial score (nSPS) is 19.2. The molecule has 46 heavy (non-hydrogen) atoms. The van der Waals surface area contributed by atoms with E-state index in [1.165, 1.54) is 0 Å². The van der Waals surface area contributed by atoms with Crippen molar-refractivity contribution in [3.8, 4) is 11.5 Å². The van der Waals surface area contributed by atoms with Crippen molar-refractivity contribution in [1.82, 2.24) is 4.90 Å². The van der Waals surface area contributed by atoms with Crippen LogP contribution in [-0.2, 0) is 27.4 Å². The summed E-state index contributed by atoms with van der Waals surface area (Å²) in [6.45, 7) is 16.7. The van der Waals surface area contributed by atoms with Gasteiger partial charge in [0.2, 0.25) is 0 Å². The highest BCUT2D eigenvalue weighted by Crippen LogP contribution is 2.55. The number of ketones is 2. The number of benzene rings is 2. The van der Waals surface area contributed by atoms with Crippen LogP contribution in [0.25, 0.3) is 0 Å². The fourth-order valence-electron chi connectivity index (χ4n) is 7.38. The largest absolute Gasteiger partial charge is 0.490 e. The van der Waals surface area contributed by atoms with Crippen LogP contribution in [-0.4, -0.2) is 43.3 Å². The van der Waals surface area contributed by atoms with Gasteiger partial charge in [-0.2, -0.15) is 0 Å². The van der Waals surface area contributed by atoms with Gasteiger partial charge in [-0.1, -0.05) is 63.6 Å². The standard InChI is InChI=1S/C39H48ClNO5/c1-8-12-26-18-27(19-33(45-9-2)37(26)46-24-25-13-10-14-28(40)17-25)34-35-29(20-38(3,4)22-31(35)42)41(15-11-16-44-7)30-21-39(5,6)23-32(43)36(30)34/h8,10,13-14,17-19,34H,1,9,11-12,15-16,20-24H2,2-7H3. The molecule has 0 aromatic heterocycles. The number of ether oxygens (including phenoxy) is 3. The maximum atomic E-state index is 14.3. The molecular weight excluding hydrogens is 598 g/mol. The summed E-state index contributed by atoms with van der Waals surface area (Å²) in [5.74, 6) is 0.986. The molecule has 0 unspecified atom stereocenters. The van der Waals surface area contributed by atoms with E-state index in [1.807, 2.05) is 43.3 Å². The van der Waals surface area contributed by atoms with Crippen molar-refractivity contribution in [2.24, 2.45) is 10.8 Å². The fourth-order valence-corrected chi connectivity index (χ4v) is 7.60. The molecule has 0 saturated carbocycles. The van der Waals surface area contributed by atoms with E-state index in [0.717, 1.165) is 58.5 Å². The van der Waals surface area contributed by atoms with Crippen molar-refractivity contribution < 1.29 is 23.8 Å². The lowest BCUT2D eigenvalue weighted by molar-refractivity contribution is -0.119. The highest BCUT2D eigenvalue weighted by atomic mass is 35.5. The Morgan fingerprint density at radius 3 is 2.17 bits per heavy atom. The van der Waals surface area contributed by atoms with Crippen molar-refractivity contribution in [3.63, 3.8) is 0 Å². The van der Waals surface area contributed by atoms with Gasteiger partial charge >= 0.3 is 0 Å². The van der Waals surface area contributed by atoms with Gasteiger partial charge < -0.3 is 19.1 Å². The molecule has 7 heteroatoms. The summed E-state index contributed by atoms with van der Waals surface area (Å²) in [4.78, 5) is 30.8. The summed E-state index contributed by atoms with van der Waals surface area (Å²) in [5.41, 5.74) is 5.96. The minimum atomic E-state index is -0.472. The van der Waals surface area contributed by atoms with Crippen molar-refractivity contribution >= 4 is 23.2 Å². The van der Waals surface area contributed by atoms with Crippen molar-refractivity contribution in [2.45, 2.75) is 85.7 Å². The molecule has 0 radical (unpaired) electrons. The van der Waals surface area contributed by atoms with Crippen LogP contribution in [0.3, 0.4) is 0 Å². The van der Waals surface area contributed by atoms with Gasteiger partial charge in [-0.3, -0.25) is 9.59 Å². The molecule has 0 bridgehead atoms. The zero-order valence-electron chi connectivity index (χ0n) is 28.3. The molecule has 5 rings (SSSR count). The van der Waals surface area contributed by atoms with E-state index in [2.05, 4.69) is 45.2 Å². The maximum Gasteiger partial charge on any atom is 0.165 e. The Bertz CT molecular complexity index is 1530. The monoisotopic (exact) mass is 645 g/mol. The molecule has 2 aromatic carbocycles. The van der Waals surface area contributed by atoms with Crippen LogP contribution in [0.1, 0.15) is 89.3 Å². The van der Waals surface area contributed by atoms with Crippen LogP contribution in [0.15, 0.2) is 71.6 Å². The predicted octanol–water partition coefficient (Wildman–Crippen LogP) is 8.77. The summed E-state index contributed by atoms with van der Waals surface area (Å²) < 4.78 is 18.1. The third-order valence-electron chi connectivity index (χ3n) is 9.18. The number of methoxy groups -OCH3 is 1. The van der Waals surface area contributed by atoms with Gasteiger partial charge in [0.05, 0.1) is 6.61 Å². The number of hydrogen-bond acceptors (Lipinski definition) is 6. The fraction of sp³-hybridized carbons (Fsp3) is 0.487. The molecule has 0 saturated heterocycles. The summed E-state index contributed by atoms with van der Waals surface area (Å²) in [6.07, 6.45) is 5.59. The van der Waals surface area contributed by atoms with Crippen LogP contribution in [0, 0.1) is 10.8 Å². The lowest BCUT2D eigenvalue weighted by Crippen LogP contribution is -2.44. The SMILES string of the molecule is C=CCc1cc(C2C3=C(CC(C)(C)CC3=O)N(CCCOC)C3=C2C(=O)CC(C)(C)C3)cc(OCC)c1OCc1cccc(Cl)c1. The van der Waals surface area contributed by atoms with Crippen LogP contribution in [0.5, 0.6) is 11.5 Å². The molecule has 0 N–H and O–H groups in total. The van der Waals surface area contributed by atoms with Gasteiger partial charge in [-0.15, -0.1) is 6.58 Å². The smallest absolute Gasteiger partial charge is 0.165 e. The summed E-state index contributed by atoms with van der Waals surface area (Å²) in [6, 6.07) is 11.7. The van der Waals surface area contributed by atoms with Gasteiger partial charge in [-0.05, 0) is 72.8 Å². The zero-order chi connectivity index (χ0) is 33.2. The van der Waals surface area contributed by atoms with E-state index in [9.17, 15) is 9.59 Å². The molecule has 0 fully saturated rings. The molecule has 6 nitrogen and oxygen atoms in total. The number of carbonyl (C=O) groups excluding carboxylic acids is 2. The van der Waals surface area contributed by atoms with Crippen LogP contribution >= 0.6 is 11.6 Å². The van der Waals surface area contributed by atoms with E-state index in [1.54, 1.807) is 7.11 Å². The Balaban J connectivity index is 1.70. The summed E-state index contributed by atoms with van der Waals surface area (Å²) in [7, 11) is 1.71. The first-order chi connectivity index (χ1) is 21.9. The number of rotatable bonds is 12.